The molecule has 0 N–H and O–H groups in total. The van der Waals surface area contributed by atoms with Crippen LogP contribution in [0.15, 0.2) is 58.5 Å². The van der Waals surface area contributed by atoms with Gasteiger partial charge in [-0.05, 0) is 45.0 Å². The quantitative estimate of drug-likeness (QED) is 0.699. The molecule has 0 saturated heterocycles. The minimum atomic E-state index is 0.893. The van der Waals surface area contributed by atoms with E-state index in [1.54, 1.807) is 6.21 Å². The van der Waals surface area contributed by atoms with Crippen LogP contribution in [0.25, 0.3) is 0 Å². The van der Waals surface area contributed by atoms with E-state index in [1.165, 1.54) is 11.1 Å². The normalized spacial score (nSPS) is 12.1. The summed E-state index contributed by atoms with van der Waals surface area (Å²) in [7, 11) is 0. The fraction of sp³-hybridized carbons (Fsp3) is 0.176. The molecule has 0 aliphatic rings. The molecule has 0 atom stereocenters. The number of aliphatic imine (C=N–C) groups is 2. The molecule has 2 nitrogen and oxygen atoms in total. The van der Waals surface area contributed by atoms with Crippen LogP contribution in [0, 0.1) is 13.8 Å². The third kappa shape index (κ3) is 4.18. The van der Waals surface area contributed by atoms with Crippen molar-refractivity contribution < 1.29 is 0 Å². The van der Waals surface area contributed by atoms with E-state index in [1.807, 2.05) is 31.2 Å². The first-order valence-electron chi connectivity index (χ1n) is 6.36. The van der Waals surface area contributed by atoms with Gasteiger partial charge in [0.1, 0.15) is 0 Å². The molecule has 0 amide bonds. The number of nitrogens with zero attached hydrogens (tertiary/aromatic N) is 2. The largest absolute Gasteiger partial charge is 0.255 e. The molecule has 2 aromatic carbocycles. The number of rotatable bonds is 3. The highest BCUT2D eigenvalue weighted by atomic mass is 14.8. The van der Waals surface area contributed by atoms with E-state index in [-0.39, 0.29) is 0 Å². The Kier molecular flexibility index (Phi) is 4.24. The summed E-state index contributed by atoms with van der Waals surface area (Å²) in [6.07, 6.45) is 1.80. The maximum absolute atomic E-state index is 4.50. The van der Waals surface area contributed by atoms with Crippen LogP contribution in [0.2, 0.25) is 0 Å². The van der Waals surface area contributed by atoms with Gasteiger partial charge in [0.15, 0.2) is 0 Å². The molecule has 2 heteroatoms. The first-order valence-corrected chi connectivity index (χ1v) is 6.36. The Balaban J connectivity index is 2.09. The molecule has 0 aliphatic heterocycles. The molecule has 96 valence electrons. The van der Waals surface area contributed by atoms with Gasteiger partial charge in [-0.15, -0.1) is 0 Å². The van der Waals surface area contributed by atoms with Crippen molar-refractivity contribution in [2.45, 2.75) is 20.8 Å². The van der Waals surface area contributed by atoms with Crippen molar-refractivity contribution in [2.75, 3.05) is 0 Å². The third-order valence-electron chi connectivity index (χ3n) is 2.77. The molecule has 0 radical (unpaired) electrons. The zero-order valence-electron chi connectivity index (χ0n) is 11.6. The van der Waals surface area contributed by atoms with E-state index in [0.717, 1.165) is 17.1 Å². The van der Waals surface area contributed by atoms with Crippen molar-refractivity contribution >= 4 is 23.3 Å². The number of hydrogen-bond acceptors (Lipinski definition) is 2. The van der Waals surface area contributed by atoms with Crippen molar-refractivity contribution in [1.82, 2.24) is 0 Å². The Labute approximate surface area is 114 Å². The van der Waals surface area contributed by atoms with Gasteiger partial charge in [-0.25, -0.2) is 0 Å². The second-order valence-corrected chi connectivity index (χ2v) is 4.68. The Morgan fingerprint density at radius 2 is 1.26 bits per heavy atom. The summed E-state index contributed by atoms with van der Waals surface area (Å²) in [4.78, 5) is 8.91. The average Bonchev–Trinajstić information content (AvgIpc) is 2.41. The van der Waals surface area contributed by atoms with E-state index in [4.69, 9.17) is 0 Å². The fourth-order valence-electron chi connectivity index (χ4n) is 1.65. The van der Waals surface area contributed by atoms with Gasteiger partial charge in [0.25, 0.3) is 0 Å². The third-order valence-corrected chi connectivity index (χ3v) is 2.77. The molecular weight excluding hydrogens is 232 g/mol. The minimum absolute atomic E-state index is 0.893. The van der Waals surface area contributed by atoms with Crippen LogP contribution in [-0.2, 0) is 0 Å². The van der Waals surface area contributed by atoms with E-state index < -0.39 is 0 Å². The SMILES string of the molecule is CC(C=Nc1ccc(C)cc1)=Nc1ccc(C)cc1. The van der Waals surface area contributed by atoms with Crippen LogP contribution in [-0.4, -0.2) is 11.9 Å². The van der Waals surface area contributed by atoms with Crippen molar-refractivity contribution in [2.24, 2.45) is 9.98 Å². The summed E-state index contributed by atoms with van der Waals surface area (Å²) in [5, 5.41) is 0. The van der Waals surface area contributed by atoms with Gasteiger partial charge >= 0.3 is 0 Å². The standard InChI is InChI=1S/C17H18N2/c1-13-4-8-16(9-5-13)18-12-15(3)19-17-10-6-14(2)7-11-17/h4-12H,1-3H3. The molecule has 0 bridgehead atoms. The van der Waals surface area contributed by atoms with Crippen LogP contribution >= 0.6 is 0 Å². The molecule has 19 heavy (non-hydrogen) atoms. The molecule has 0 fully saturated rings. The Bertz CT molecular complexity index is 590. The van der Waals surface area contributed by atoms with Crippen LogP contribution in [0.3, 0.4) is 0 Å². The van der Waals surface area contributed by atoms with Gasteiger partial charge in [0.05, 0.1) is 17.1 Å². The molecule has 0 aliphatic carbocycles. The van der Waals surface area contributed by atoms with Crippen LogP contribution in [0.4, 0.5) is 11.4 Å². The Hall–Kier alpha value is -2.22. The maximum Gasteiger partial charge on any atom is 0.0633 e. The lowest BCUT2D eigenvalue weighted by atomic mass is 10.2. The van der Waals surface area contributed by atoms with Gasteiger partial charge in [-0.1, -0.05) is 35.4 Å². The summed E-state index contributed by atoms with van der Waals surface area (Å²) in [5.41, 5.74) is 5.28. The second-order valence-electron chi connectivity index (χ2n) is 4.68. The minimum Gasteiger partial charge on any atom is -0.255 e. The van der Waals surface area contributed by atoms with Crippen LogP contribution < -0.4 is 0 Å². The van der Waals surface area contributed by atoms with Crippen molar-refractivity contribution in [3.05, 3.63) is 59.7 Å². The van der Waals surface area contributed by atoms with Gasteiger partial charge in [0.2, 0.25) is 0 Å². The predicted molar refractivity (Wildman–Crippen MR) is 83.3 cm³/mol. The number of aryl methyl sites for hydroxylation is 2. The monoisotopic (exact) mass is 250 g/mol. The van der Waals surface area contributed by atoms with Gasteiger partial charge in [-0.2, -0.15) is 0 Å². The molecule has 2 rings (SSSR count). The Morgan fingerprint density at radius 3 is 1.79 bits per heavy atom. The lowest BCUT2D eigenvalue weighted by Gasteiger charge is -1.97. The zero-order chi connectivity index (χ0) is 13.7. The highest BCUT2D eigenvalue weighted by molar-refractivity contribution is 6.30. The van der Waals surface area contributed by atoms with Crippen molar-refractivity contribution in [3.8, 4) is 0 Å². The van der Waals surface area contributed by atoms with Crippen LogP contribution in [0.1, 0.15) is 18.1 Å². The van der Waals surface area contributed by atoms with Gasteiger partial charge in [0, 0.05) is 6.21 Å². The Morgan fingerprint density at radius 1 is 0.789 bits per heavy atom. The van der Waals surface area contributed by atoms with Gasteiger partial charge in [-0.3, -0.25) is 9.98 Å². The second kappa shape index (κ2) is 6.10. The molecule has 0 spiro atoms. The first-order chi connectivity index (χ1) is 9.13. The number of hydrogen-bond donors (Lipinski definition) is 0. The zero-order valence-corrected chi connectivity index (χ0v) is 11.6. The van der Waals surface area contributed by atoms with Crippen molar-refractivity contribution in [3.63, 3.8) is 0 Å². The summed E-state index contributed by atoms with van der Waals surface area (Å²) >= 11 is 0. The van der Waals surface area contributed by atoms with E-state index in [9.17, 15) is 0 Å². The topological polar surface area (TPSA) is 24.7 Å². The van der Waals surface area contributed by atoms with Gasteiger partial charge < -0.3 is 0 Å². The summed E-state index contributed by atoms with van der Waals surface area (Å²) in [6, 6.07) is 16.3. The smallest absolute Gasteiger partial charge is 0.0633 e. The molecule has 0 saturated carbocycles. The van der Waals surface area contributed by atoms with E-state index in [2.05, 4.69) is 48.1 Å². The predicted octanol–water partition coefficient (Wildman–Crippen LogP) is 4.80. The average molecular weight is 250 g/mol. The molecule has 2 aromatic rings. The molecule has 0 unspecified atom stereocenters. The summed E-state index contributed by atoms with van der Waals surface area (Å²) < 4.78 is 0. The molecular formula is C17H18N2. The molecule has 0 aromatic heterocycles. The highest BCUT2D eigenvalue weighted by Gasteiger charge is 1.91. The highest BCUT2D eigenvalue weighted by Crippen LogP contribution is 2.14. The van der Waals surface area contributed by atoms with E-state index >= 15 is 0 Å². The maximum atomic E-state index is 4.50. The first kappa shape index (κ1) is 13.2. The van der Waals surface area contributed by atoms with Crippen molar-refractivity contribution in [1.29, 1.82) is 0 Å². The summed E-state index contributed by atoms with van der Waals surface area (Å²) in [5.74, 6) is 0. The number of benzene rings is 2. The lowest BCUT2D eigenvalue weighted by Crippen LogP contribution is -1.90. The summed E-state index contributed by atoms with van der Waals surface area (Å²) in [6.45, 7) is 6.09. The van der Waals surface area contributed by atoms with E-state index in [0.29, 0.717) is 0 Å². The fourth-order valence-corrected chi connectivity index (χ4v) is 1.65. The molecule has 0 heterocycles. The lowest BCUT2D eigenvalue weighted by molar-refractivity contribution is 1.43. The van der Waals surface area contributed by atoms with Crippen LogP contribution in [0.5, 0.6) is 0 Å².